The van der Waals surface area contributed by atoms with Gasteiger partial charge < -0.3 is 9.47 Å². The van der Waals surface area contributed by atoms with Crippen LogP contribution in [0, 0.1) is 5.92 Å². The van der Waals surface area contributed by atoms with Gasteiger partial charge in [0.15, 0.2) is 17.3 Å². The Kier molecular flexibility index (Phi) is 6.48. The smallest absolute Gasteiger partial charge is 0.291 e. The second-order valence-electron chi connectivity index (χ2n) is 7.37. The van der Waals surface area contributed by atoms with Crippen molar-refractivity contribution in [2.24, 2.45) is 5.92 Å². The molecule has 160 valence electrons. The van der Waals surface area contributed by atoms with Gasteiger partial charge in [-0.2, -0.15) is 9.50 Å². The molecule has 8 heteroatoms. The third kappa shape index (κ3) is 5.03. The van der Waals surface area contributed by atoms with Crippen LogP contribution in [-0.2, 0) is 0 Å². The van der Waals surface area contributed by atoms with Gasteiger partial charge in [-0.05, 0) is 59.7 Å². The van der Waals surface area contributed by atoms with E-state index in [-0.39, 0.29) is 5.56 Å². The van der Waals surface area contributed by atoms with Crippen LogP contribution in [0.1, 0.15) is 36.5 Å². The summed E-state index contributed by atoms with van der Waals surface area (Å²) in [5.41, 5.74) is 0.673. The number of ether oxygens (including phenoxy) is 2. The summed E-state index contributed by atoms with van der Waals surface area (Å²) in [5.74, 6) is 2.44. The summed E-state index contributed by atoms with van der Waals surface area (Å²) in [6.45, 7) is 4.96. The van der Waals surface area contributed by atoms with E-state index >= 15 is 0 Å². The van der Waals surface area contributed by atoms with E-state index in [0.29, 0.717) is 39.3 Å². The number of nitrogens with zero attached hydrogens (tertiary/aromatic N) is 3. The SMILES string of the molecule is COc1cc(/C=c2\sc3nc(/C=C/c4cccs4)nn3c2=O)ccc1OCCC(C)C. The summed E-state index contributed by atoms with van der Waals surface area (Å²) in [4.78, 5) is 18.9. The molecule has 0 spiro atoms. The lowest BCUT2D eigenvalue weighted by molar-refractivity contribution is 0.273. The molecule has 0 radical (unpaired) electrons. The number of hydrogen-bond acceptors (Lipinski definition) is 7. The van der Waals surface area contributed by atoms with E-state index in [1.54, 1.807) is 18.4 Å². The minimum Gasteiger partial charge on any atom is -0.493 e. The van der Waals surface area contributed by atoms with Crippen LogP contribution < -0.4 is 19.6 Å². The van der Waals surface area contributed by atoms with Gasteiger partial charge in [-0.15, -0.1) is 16.4 Å². The molecule has 6 nitrogen and oxygen atoms in total. The molecule has 0 aliphatic heterocycles. The van der Waals surface area contributed by atoms with Crippen molar-refractivity contribution >= 4 is 45.9 Å². The average molecular weight is 454 g/mol. The van der Waals surface area contributed by atoms with E-state index in [0.717, 1.165) is 16.9 Å². The highest BCUT2D eigenvalue weighted by Gasteiger charge is 2.10. The van der Waals surface area contributed by atoms with Crippen LogP contribution in [0.2, 0.25) is 0 Å². The summed E-state index contributed by atoms with van der Waals surface area (Å²) < 4.78 is 13.2. The number of fused-ring (bicyclic) bond motifs is 1. The molecule has 4 rings (SSSR count). The topological polar surface area (TPSA) is 65.7 Å². The maximum atomic E-state index is 12.8. The Bertz CT molecular complexity index is 1300. The molecular weight excluding hydrogens is 430 g/mol. The molecule has 0 saturated carbocycles. The van der Waals surface area contributed by atoms with Gasteiger partial charge in [0, 0.05) is 4.88 Å². The van der Waals surface area contributed by atoms with Gasteiger partial charge in [0.2, 0.25) is 4.96 Å². The van der Waals surface area contributed by atoms with Crippen molar-refractivity contribution in [2.75, 3.05) is 13.7 Å². The van der Waals surface area contributed by atoms with E-state index in [2.05, 4.69) is 23.9 Å². The molecule has 0 bridgehead atoms. The second kappa shape index (κ2) is 9.45. The molecule has 3 heterocycles. The van der Waals surface area contributed by atoms with Crippen molar-refractivity contribution in [1.29, 1.82) is 0 Å². The van der Waals surface area contributed by atoms with E-state index in [9.17, 15) is 4.79 Å². The quantitative estimate of drug-likeness (QED) is 0.397. The van der Waals surface area contributed by atoms with Gasteiger partial charge in [0.1, 0.15) is 0 Å². The van der Waals surface area contributed by atoms with E-state index in [1.807, 2.05) is 53.9 Å². The molecule has 1 aromatic carbocycles. The van der Waals surface area contributed by atoms with Gasteiger partial charge in [-0.25, -0.2) is 0 Å². The Morgan fingerprint density at radius 3 is 2.77 bits per heavy atom. The third-order valence-electron chi connectivity index (χ3n) is 4.58. The van der Waals surface area contributed by atoms with Crippen molar-refractivity contribution < 1.29 is 9.47 Å². The molecule has 31 heavy (non-hydrogen) atoms. The summed E-state index contributed by atoms with van der Waals surface area (Å²) in [6, 6.07) is 9.66. The monoisotopic (exact) mass is 453 g/mol. The predicted octanol–water partition coefficient (Wildman–Crippen LogP) is 4.36. The van der Waals surface area contributed by atoms with Crippen molar-refractivity contribution in [3.05, 3.63) is 66.9 Å². The van der Waals surface area contributed by atoms with Crippen molar-refractivity contribution in [3.63, 3.8) is 0 Å². The van der Waals surface area contributed by atoms with Crippen LogP contribution in [-0.4, -0.2) is 28.3 Å². The van der Waals surface area contributed by atoms with Gasteiger partial charge in [0.05, 0.1) is 18.2 Å². The van der Waals surface area contributed by atoms with Crippen molar-refractivity contribution in [1.82, 2.24) is 14.6 Å². The molecule has 4 aromatic rings. The number of thiophene rings is 1. The zero-order chi connectivity index (χ0) is 21.8. The summed E-state index contributed by atoms with van der Waals surface area (Å²) in [5, 5.41) is 6.34. The average Bonchev–Trinajstić information content (AvgIpc) is 3.46. The molecule has 0 aliphatic carbocycles. The zero-order valence-corrected chi connectivity index (χ0v) is 19.2. The fraction of sp³-hybridized carbons (Fsp3) is 0.261. The Labute approximate surface area is 188 Å². The number of thiazole rings is 1. The minimum atomic E-state index is -0.181. The number of methoxy groups -OCH3 is 1. The van der Waals surface area contributed by atoms with Gasteiger partial charge in [0.25, 0.3) is 5.56 Å². The number of benzene rings is 1. The number of aromatic nitrogens is 3. The van der Waals surface area contributed by atoms with Gasteiger partial charge in [-0.3, -0.25) is 4.79 Å². The van der Waals surface area contributed by atoms with Crippen LogP contribution in [0.15, 0.2) is 40.5 Å². The van der Waals surface area contributed by atoms with Crippen molar-refractivity contribution in [3.8, 4) is 11.5 Å². The highest BCUT2D eigenvalue weighted by atomic mass is 32.1. The van der Waals surface area contributed by atoms with Gasteiger partial charge >= 0.3 is 0 Å². The first-order valence-corrected chi connectivity index (χ1v) is 11.7. The summed E-state index contributed by atoms with van der Waals surface area (Å²) in [7, 11) is 1.61. The molecule has 0 aliphatic rings. The highest BCUT2D eigenvalue weighted by Crippen LogP contribution is 2.28. The molecule has 0 amide bonds. The normalized spacial score (nSPS) is 12.5. The minimum absolute atomic E-state index is 0.181. The molecule has 0 atom stereocenters. The lowest BCUT2D eigenvalue weighted by Crippen LogP contribution is -2.23. The standard InChI is InChI=1S/C23H23N3O3S2/c1-15(2)10-11-29-18-8-6-16(13-19(18)28-3)14-20-22(27)26-23(31-20)24-21(25-26)9-7-17-5-4-12-30-17/h4-9,12-15H,10-11H2,1-3H3/b9-7+,20-14-. The lowest BCUT2D eigenvalue weighted by Gasteiger charge is -2.12. The lowest BCUT2D eigenvalue weighted by atomic mass is 10.1. The van der Waals surface area contributed by atoms with Crippen LogP contribution in [0.5, 0.6) is 11.5 Å². The van der Waals surface area contributed by atoms with Gasteiger partial charge in [-0.1, -0.05) is 37.3 Å². The van der Waals surface area contributed by atoms with E-state index < -0.39 is 0 Å². The highest BCUT2D eigenvalue weighted by molar-refractivity contribution is 7.15. The fourth-order valence-electron chi connectivity index (χ4n) is 2.91. The zero-order valence-electron chi connectivity index (χ0n) is 17.6. The number of rotatable bonds is 8. The maximum absolute atomic E-state index is 12.8. The van der Waals surface area contributed by atoms with E-state index in [1.165, 1.54) is 15.9 Å². The summed E-state index contributed by atoms with van der Waals surface area (Å²) in [6.07, 6.45) is 6.56. The maximum Gasteiger partial charge on any atom is 0.291 e. The Morgan fingerprint density at radius 1 is 1.19 bits per heavy atom. The summed E-state index contributed by atoms with van der Waals surface area (Å²) >= 11 is 2.95. The molecular formula is C23H23N3O3S2. The predicted molar refractivity (Wildman–Crippen MR) is 127 cm³/mol. The molecule has 3 aromatic heterocycles. The Balaban J connectivity index is 1.58. The first-order chi connectivity index (χ1) is 15.0. The second-order valence-corrected chi connectivity index (χ2v) is 9.36. The Morgan fingerprint density at radius 2 is 2.06 bits per heavy atom. The molecule has 0 saturated heterocycles. The Hall–Kier alpha value is -2.97. The fourth-order valence-corrected chi connectivity index (χ4v) is 4.44. The van der Waals surface area contributed by atoms with Crippen LogP contribution in [0.4, 0.5) is 0 Å². The molecule has 0 unspecified atom stereocenters. The third-order valence-corrected chi connectivity index (χ3v) is 6.37. The first kappa shape index (κ1) is 21.3. The van der Waals surface area contributed by atoms with Crippen LogP contribution in [0.3, 0.4) is 0 Å². The first-order valence-electron chi connectivity index (χ1n) is 9.97. The molecule has 0 fully saturated rings. The van der Waals surface area contributed by atoms with Crippen LogP contribution >= 0.6 is 22.7 Å². The van der Waals surface area contributed by atoms with Crippen molar-refractivity contribution in [2.45, 2.75) is 20.3 Å². The largest absolute Gasteiger partial charge is 0.493 e. The molecule has 0 N–H and O–H groups in total. The number of hydrogen-bond donors (Lipinski definition) is 0. The van der Waals surface area contributed by atoms with E-state index in [4.69, 9.17) is 9.47 Å². The van der Waals surface area contributed by atoms with Crippen LogP contribution in [0.25, 0.3) is 23.2 Å².